The highest BCUT2D eigenvalue weighted by Crippen LogP contribution is 2.63. The van der Waals surface area contributed by atoms with Crippen LogP contribution in [0.1, 0.15) is 22.3 Å². The Morgan fingerprint density at radius 2 is 0.774 bits per heavy atom. The monoisotopic (exact) mass is 789 g/mol. The number of benzene rings is 8. The number of aromatic nitrogens is 5. The van der Waals surface area contributed by atoms with Crippen LogP contribution in [0.4, 0.5) is 0 Å². The average Bonchev–Trinajstić information content (AvgIpc) is 3.97. The van der Waals surface area contributed by atoms with Gasteiger partial charge in [0, 0.05) is 34.0 Å². The molecular formula is C57H35N5. The number of hydrogen-bond acceptors (Lipinski definition) is 4. The van der Waals surface area contributed by atoms with E-state index in [0.29, 0.717) is 17.5 Å². The molecule has 2 aliphatic carbocycles. The van der Waals surface area contributed by atoms with E-state index in [9.17, 15) is 0 Å². The van der Waals surface area contributed by atoms with Gasteiger partial charge in [-0.1, -0.05) is 194 Å². The summed E-state index contributed by atoms with van der Waals surface area (Å²) in [5.41, 5.74) is 17.5. The zero-order valence-corrected chi connectivity index (χ0v) is 33.4. The maximum atomic E-state index is 5.28. The van der Waals surface area contributed by atoms with Gasteiger partial charge in [-0.25, -0.2) is 19.9 Å². The molecule has 62 heavy (non-hydrogen) atoms. The maximum absolute atomic E-state index is 5.28. The minimum atomic E-state index is -0.466. The van der Waals surface area contributed by atoms with Crippen molar-refractivity contribution in [2.75, 3.05) is 0 Å². The van der Waals surface area contributed by atoms with E-state index in [1.165, 1.54) is 44.5 Å². The summed E-state index contributed by atoms with van der Waals surface area (Å²) in [6.45, 7) is 0. The Balaban J connectivity index is 0.978. The summed E-state index contributed by atoms with van der Waals surface area (Å²) in [5, 5.41) is 2.32. The topological polar surface area (TPSA) is 56.0 Å². The van der Waals surface area contributed by atoms with E-state index in [4.69, 9.17) is 19.9 Å². The molecule has 288 valence electrons. The lowest BCUT2D eigenvalue weighted by molar-refractivity contribution is 0.794. The summed E-state index contributed by atoms with van der Waals surface area (Å²) in [4.78, 5) is 20.8. The van der Waals surface area contributed by atoms with Crippen LogP contribution in [0.25, 0.3) is 95.4 Å². The van der Waals surface area contributed by atoms with Crippen LogP contribution >= 0.6 is 0 Å². The SMILES string of the molecule is c1ccc(-c2nc(-c3ccc(-c4c(-c5ccccc5)nc5cc6ccccc6cn45)cc3)nc(-c3ccc4c(c3)C3(c5ccccc5-c5ccccc53)c3ccccc3-4)n2)cc1. The molecule has 3 aromatic heterocycles. The van der Waals surface area contributed by atoms with Gasteiger partial charge in [0.25, 0.3) is 0 Å². The van der Waals surface area contributed by atoms with Crippen molar-refractivity contribution in [2.45, 2.75) is 5.41 Å². The van der Waals surface area contributed by atoms with Crippen LogP contribution < -0.4 is 0 Å². The molecule has 2 aliphatic rings. The predicted octanol–water partition coefficient (Wildman–Crippen LogP) is 13.4. The molecule has 0 atom stereocenters. The molecule has 0 radical (unpaired) electrons. The Bertz CT molecular complexity index is 3510. The Morgan fingerprint density at radius 3 is 1.39 bits per heavy atom. The van der Waals surface area contributed by atoms with Crippen LogP contribution in [0, 0.1) is 0 Å². The summed E-state index contributed by atoms with van der Waals surface area (Å²) < 4.78 is 2.22. The highest BCUT2D eigenvalue weighted by molar-refractivity contribution is 5.96. The first-order chi connectivity index (χ1) is 30.7. The number of hydrogen-bond donors (Lipinski definition) is 0. The quantitative estimate of drug-likeness (QED) is 0.174. The van der Waals surface area contributed by atoms with Crippen LogP contribution in [-0.4, -0.2) is 24.3 Å². The van der Waals surface area contributed by atoms with E-state index in [0.717, 1.165) is 55.6 Å². The Kier molecular flexibility index (Phi) is 7.45. The fourth-order valence-electron chi connectivity index (χ4n) is 10.2. The van der Waals surface area contributed by atoms with Crippen molar-refractivity contribution in [2.24, 2.45) is 0 Å². The van der Waals surface area contributed by atoms with Crippen LogP contribution in [0.3, 0.4) is 0 Å². The van der Waals surface area contributed by atoms with Gasteiger partial charge >= 0.3 is 0 Å². The van der Waals surface area contributed by atoms with Crippen molar-refractivity contribution in [1.82, 2.24) is 24.3 Å². The predicted molar refractivity (Wildman–Crippen MR) is 250 cm³/mol. The van der Waals surface area contributed by atoms with Crippen molar-refractivity contribution < 1.29 is 0 Å². The van der Waals surface area contributed by atoms with Gasteiger partial charge in [0.2, 0.25) is 0 Å². The molecule has 8 aromatic carbocycles. The standard InChI is InChI=1S/C57H35N5/c1-3-15-36(16-4-1)52-53(62-35-42-20-8-7-19-40(42)34-51(62)58-52)37-27-29-39(30-28-37)55-59-54(38-17-5-2-6-18-38)60-56(61-55)41-31-32-46-45-23-11-14-26-49(45)57(50(46)33-41)47-24-12-9-21-43(47)44-22-10-13-25-48(44)57/h1-35H. The fourth-order valence-corrected chi connectivity index (χ4v) is 10.2. The minimum Gasteiger partial charge on any atom is -0.298 e. The number of fused-ring (bicyclic) bond motifs is 12. The van der Waals surface area contributed by atoms with Crippen LogP contribution in [-0.2, 0) is 5.41 Å². The van der Waals surface area contributed by atoms with E-state index in [-0.39, 0.29) is 0 Å². The zero-order valence-electron chi connectivity index (χ0n) is 33.4. The highest BCUT2D eigenvalue weighted by atomic mass is 15.0. The molecule has 13 rings (SSSR count). The van der Waals surface area contributed by atoms with Gasteiger partial charge in [-0.05, 0) is 67.4 Å². The van der Waals surface area contributed by atoms with Crippen molar-refractivity contribution >= 4 is 16.4 Å². The summed E-state index contributed by atoms with van der Waals surface area (Å²) >= 11 is 0. The van der Waals surface area contributed by atoms with E-state index in [1.54, 1.807) is 0 Å². The number of nitrogens with zero attached hydrogens (tertiary/aromatic N) is 5. The Hall–Kier alpha value is -8.28. The lowest BCUT2D eigenvalue weighted by Gasteiger charge is -2.30. The molecule has 11 aromatic rings. The first kappa shape index (κ1) is 34.6. The lowest BCUT2D eigenvalue weighted by Crippen LogP contribution is -2.25. The largest absolute Gasteiger partial charge is 0.298 e. The smallest absolute Gasteiger partial charge is 0.164 e. The highest BCUT2D eigenvalue weighted by Gasteiger charge is 2.51. The van der Waals surface area contributed by atoms with Gasteiger partial charge in [0.1, 0.15) is 5.65 Å². The zero-order chi connectivity index (χ0) is 40.8. The van der Waals surface area contributed by atoms with Crippen molar-refractivity contribution in [1.29, 1.82) is 0 Å². The van der Waals surface area contributed by atoms with Crippen molar-refractivity contribution in [3.05, 3.63) is 235 Å². The first-order valence-corrected chi connectivity index (χ1v) is 21.1. The molecule has 5 nitrogen and oxygen atoms in total. The maximum Gasteiger partial charge on any atom is 0.164 e. The van der Waals surface area contributed by atoms with Crippen LogP contribution in [0.15, 0.2) is 212 Å². The Morgan fingerprint density at radius 1 is 0.323 bits per heavy atom. The fraction of sp³-hybridized carbons (Fsp3) is 0.0175. The van der Waals surface area contributed by atoms with Gasteiger partial charge < -0.3 is 0 Å². The van der Waals surface area contributed by atoms with E-state index < -0.39 is 5.41 Å². The van der Waals surface area contributed by atoms with E-state index in [2.05, 4.69) is 193 Å². The molecule has 0 N–H and O–H groups in total. The molecular weight excluding hydrogens is 755 g/mol. The molecule has 1 spiro atoms. The third-order valence-corrected chi connectivity index (χ3v) is 12.9. The van der Waals surface area contributed by atoms with Crippen LogP contribution in [0.2, 0.25) is 0 Å². The molecule has 0 unspecified atom stereocenters. The van der Waals surface area contributed by atoms with Crippen molar-refractivity contribution in [3.63, 3.8) is 0 Å². The number of imidazole rings is 1. The van der Waals surface area contributed by atoms with E-state index >= 15 is 0 Å². The summed E-state index contributed by atoms with van der Waals surface area (Å²) in [6, 6.07) is 73.3. The third-order valence-electron chi connectivity index (χ3n) is 12.9. The first-order valence-electron chi connectivity index (χ1n) is 21.1. The molecule has 0 fully saturated rings. The number of pyridine rings is 1. The molecule has 0 amide bonds. The van der Waals surface area contributed by atoms with Gasteiger partial charge in [-0.2, -0.15) is 0 Å². The Labute approximate surface area is 358 Å². The molecule has 0 aliphatic heterocycles. The molecule has 0 saturated carbocycles. The lowest BCUT2D eigenvalue weighted by atomic mass is 9.70. The molecule has 3 heterocycles. The van der Waals surface area contributed by atoms with Gasteiger partial charge in [-0.15, -0.1) is 0 Å². The second-order valence-corrected chi connectivity index (χ2v) is 16.2. The van der Waals surface area contributed by atoms with Crippen LogP contribution in [0.5, 0.6) is 0 Å². The average molecular weight is 790 g/mol. The van der Waals surface area contributed by atoms with Gasteiger partial charge in [0.15, 0.2) is 17.5 Å². The summed E-state index contributed by atoms with van der Waals surface area (Å²) in [6.07, 6.45) is 2.19. The minimum absolute atomic E-state index is 0.466. The second-order valence-electron chi connectivity index (χ2n) is 16.2. The normalized spacial score (nSPS) is 13.0. The third kappa shape index (κ3) is 5.02. The number of rotatable bonds is 5. The summed E-state index contributed by atoms with van der Waals surface area (Å²) in [7, 11) is 0. The molecule has 0 saturated heterocycles. The van der Waals surface area contributed by atoms with E-state index in [1.807, 2.05) is 24.3 Å². The van der Waals surface area contributed by atoms with Gasteiger partial charge in [-0.3, -0.25) is 4.40 Å². The molecule has 0 bridgehead atoms. The van der Waals surface area contributed by atoms with Gasteiger partial charge in [0.05, 0.1) is 16.8 Å². The summed E-state index contributed by atoms with van der Waals surface area (Å²) in [5.74, 6) is 1.87. The second kappa shape index (κ2) is 13.4. The molecule has 5 heteroatoms. The van der Waals surface area contributed by atoms with Crippen molar-refractivity contribution in [3.8, 4) is 78.9 Å².